The molecule has 3 heteroatoms. The highest BCUT2D eigenvalue weighted by Gasteiger charge is 2.15. The summed E-state index contributed by atoms with van der Waals surface area (Å²) in [6, 6.07) is 9.79. The van der Waals surface area contributed by atoms with Crippen LogP contribution in [0.5, 0.6) is 5.75 Å². The molecule has 1 N–H and O–H groups in total. The van der Waals surface area contributed by atoms with Crippen LogP contribution in [0, 0.1) is 16.7 Å². The Bertz CT molecular complexity index is 407. The number of ether oxygens (including phenoxy) is 1. The van der Waals surface area contributed by atoms with E-state index in [0.29, 0.717) is 6.61 Å². The van der Waals surface area contributed by atoms with Crippen molar-refractivity contribution < 1.29 is 9.84 Å². The second kappa shape index (κ2) is 7.03. The number of nitrogens with zero attached hydrogens (tertiary/aromatic N) is 1. The van der Waals surface area contributed by atoms with Crippen molar-refractivity contribution in [1.29, 1.82) is 5.26 Å². The first-order valence-corrected chi connectivity index (χ1v) is 6.32. The van der Waals surface area contributed by atoms with E-state index in [9.17, 15) is 0 Å². The zero-order chi connectivity index (χ0) is 13.4. The molecule has 0 bridgehead atoms. The smallest absolute Gasteiger partial charge is 0.124 e. The lowest BCUT2D eigenvalue weighted by molar-refractivity contribution is 0.258. The summed E-state index contributed by atoms with van der Waals surface area (Å²) in [5, 5.41) is 18.0. The average Bonchev–Trinajstić information content (AvgIpc) is 2.38. The molecule has 0 heterocycles. The molecule has 0 radical (unpaired) electrons. The van der Waals surface area contributed by atoms with Crippen LogP contribution < -0.4 is 4.74 Å². The molecule has 0 fully saturated rings. The maximum absolute atomic E-state index is 9.14. The van der Waals surface area contributed by atoms with Crippen molar-refractivity contribution in [2.24, 2.45) is 5.41 Å². The lowest BCUT2D eigenvalue weighted by atomic mass is 9.89. The van der Waals surface area contributed by atoms with Crippen molar-refractivity contribution in [3.05, 3.63) is 29.8 Å². The van der Waals surface area contributed by atoms with E-state index in [1.807, 2.05) is 38.1 Å². The van der Waals surface area contributed by atoms with E-state index < -0.39 is 0 Å². The predicted octanol–water partition coefficient (Wildman–Crippen LogP) is 3.28. The number of nitriles is 1. The van der Waals surface area contributed by atoms with Crippen LogP contribution in [0.1, 0.15) is 38.7 Å². The SMILES string of the molecule is CC(C)(C#N)CCCCOc1ccccc1CO. The first-order chi connectivity index (χ1) is 8.59. The number of unbranched alkanes of at least 4 members (excludes halogenated alkanes) is 1. The summed E-state index contributed by atoms with van der Waals surface area (Å²) in [6.07, 6.45) is 2.78. The highest BCUT2D eigenvalue weighted by Crippen LogP contribution is 2.22. The summed E-state index contributed by atoms with van der Waals surface area (Å²) < 4.78 is 5.63. The zero-order valence-corrected chi connectivity index (χ0v) is 11.1. The van der Waals surface area contributed by atoms with E-state index in [-0.39, 0.29) is 12.0 Å². The molecule has 0 saturated heterocycles. The molecular formula is C15H21NO2. The Hall–Kier alpha value is -1.53. The summed E-state index contributed by atoms with van der Waals surface area (Å²) >= 11 is 0. The molecule has 0 aliphatic heterocycles. The monoisotopic (exact) mass is 247 g/mol. The van der Waals surface area contributed by atoms with Crippen molar-refractivity contribution in [3.8, 4) is 11.8 Å². The summed E-state index contributed by atoms with van der Waals surface area (Å²) in [4.78, 5) is 0. The molecular weight excluding hydrogens is 226 g/mol. The quantitative estimate of drug-likeness (QED) is 0.752. The molecule has 3 nitrogen and oxygen atoms in total. The van der Waals surface area contributed by atoms with Gasteiger partial charge in [0.1, 0.15) is 5.75 Å². The molecule has 0 spiro atoms. The van der Waals surface area contributed by atoms with Gasteiger partial charge in [0, 0.05) is 5.56 Å². The molecule has 1 aromatic rings. The topological polar surface area (TPSA) is 53.2 Å². The summed E-state index contributed by atoms with van der Waals surface area (Å²) in [5.74, 6) is 0.750. The highest BCUT2D eigenvalue weighted by molar-refractivity contribution is 5.32. The van der Waals surface area contributed by atoms with Crippen molar-refractivity contribution >= 4 is 0 Å². The van der Waals surface area contributed by atoms with Gasteiger partial charge in [-0.05, 0) is 39.2 Å². The van der Waals surface area contributed by atoms with Crippen LogP contribution in [-0.2, 0) is 6.61 Å². The molecule has 0 unspecified atom stereocenters. The molecule has 0 amide bonds. The molecule has 0 aromatic heterocycles. The first-order valence-electron chi connectivity index (χ1n) is 6.32. The maximum Gasteiger partial charge on any atom is 0.124 e. The van der Waals surface area contributed by atoms with E-state index >= 15 is 0 Å². The van der Waals surface area contributed by atoms with Crippen LogP contribution in [0.2, 0.25) is 0 Å². The molecule has 98 valence electrons. The van der Waals surface area contributed by atoms with Crippen LogP contribution in [0.3, 0.4) is 0 Å². The fourth-order valence-corrected chi connectivity index (χ4v) is 1.68. The lowest BCUT2D eigenvalue weighted by Gasteiger charge is -2.15. The molecule has 1 aromatic carbocycles. The third-order valence-corrected chi connectivity index (χ3v) is 2.90. The van der Waals surface area contributed by atoms with Crippen molar-refractivity contribution in [2.45, 2.75) is 39.7 Å². The van der Waals surface area contributed by atoms with E-state index in [1.165, 1.54) is 0 Å². The van der Waals surface area contributed by atoms with Gasteiger partial charge in [-0.25, -0.2) is 0 Å². The number of aliphatic hydroxyl groups is 1. The number of benzene rings is 1. The predicted molar refractivity (Wildman–Crippen MR) is 71.1 cm³/mol. The molecule has 1 rings (SSSR count). The maximum atomic E-state index is 9.14. The number of rotatable bonds is 7. The number of aliphatic hydroxyl groups excluding tert-OH is 1. The van der Waals surface area contributed by atoms with Crippen LogP contribution >= 0.6 is 0 Å². The van der Waals surface area contributed by atoms with Crippen LogP contribution in [0.15, 0.2) is 24.3 Å². The third-order valence-electron chi connectivity index (χ3n) is 2.90. The largest absolute Gasteiger partial charge is 0.493 e. The number of hydrogen-bond acceptors (Lipinski definition) is 3. The Labute approximate surface area is 109 Å². The third kappa shape index (κ3) is 4.77. The van der Waals surface area contributed by atoms with Gasteiger partial charge in [0.15, 0.2) is 0 Å². The minimum atomic E-state index is -0.247. The Balaban J connectivity index is 2.28. The van der Waals surface area contributed by atoms with Crippen molar-refractivity contribution in [2.75, 3.05) is 6.61 Å². The van der Waals surface area contributed by atoms with Crippen molar-refractivity contribution in [1.82, 2.24) is 0 Å². The van der Waals surface area contributed by atoms with E-state index in [1.54, 1.807) is 0 Å². The zero-order valence-electron chi connectivity index (χ0n) is 11.1. The van der Waals surface area contributed by atoms with Crippen LogP contribution in [0.25, 0.3) is 0 Å². The number of hydrogen-bond donors (Lipinski definition) is 1. The molecule has 18 heavy (non-hydrogen) atoms. The first kappa shape index (κ1) is 14.5. The standard InChI is InChI=1S/C15H21NO2/c1-15(2,12-16)9-5-6-10-18-14-8-4-3-7-13(14)11-17/h3-4,7-8,17H,5-6,9-11H2,1-2H3. The van der Waals surface area contributed by atoms with Gasteiger partial charge in [-0.1, -0.05) is 18.2 Å². The van der Waals surface area contributed by atoms with Gasteiger partial charge in [-0.2, -0.15) is 5.26 Å². The lowest BCUT2D eigenvalue weighted by Crippen LogP contribution is -2.08. The Morgan fingerprint density at radius 3 is 2.67 bits per heavy atom. The summed E-state index contributed by atoms with van der Waals surface area (Å²) in [5.41, 5.74) is 0.568. The van der Waals surface area contributed by atoms with Gasteiger partial charge in [0.25, 0.3) is 0 Å². The number of para-hydroxylation sites is 1. The fourth-order valence-electron chi connectivity index (χ4n) is 1.68. The van der Waals surface area contributed by atoms with Gasteiger partial charge >= 0.3 is 0 Å². The Morgan fingerprint density at radius 1 is 1.28 bits per heavy atom. The normalized spacial score (nSPS) is 11.0. The Kier molecular flexibility index (Phi) is 5.67. The molecule has 0 aliphatic carbocycles. The van der Waals surface area contributed by atoms with Gasteiger partial charge in [0.05, 0.1) is 24.7 Å². The van der Waals surface area contributed by atoms with E-state index in [4.69, 9.17) is 15.1 Å². The van der Waals surface area contributed by atoms with Gasteiger partial charge in [0.2, 0.25) is 0 Å². The molecule has 0 saturated carbocycles. The van der Waals surface area contributed by atoms with E-state index in [0.717, 1.165) is 30.6 Å². The minimum Gasteiger partial charge on any atom is -0.493 e. The highest BCUT2D eigenvalue weighted by atomic mass is 16.5. The molecule has 0 aliphatic rings. The Morgan fingerprint density at radius 2 is 2.00 bits per heavy atom. The van der Waals surface area contributed by atoms with Gasteiger partial charge < -0.3 is 9.84 Å². The summed E-state index contributed by atoms with van der Waals surface area (Å²) in [7, 11) is 0. The fraction of sp³-hybridized carbons (Fsp3) is 0.533. The van der Waals surface area contributed by atoms with Crippen LogP contribution in [0.4, 0.5) is 0 Å². The second-order valence-electron chi connectivity index (χ2n) is 5.07. The van der Waals surface area contributed by atoms with E-state index in [2.05, 4.69) is 6.07 Å². The minimum absolute atomic E-state index is 0.00234. The summed E-state index contributed by atoms with van der Waals surface area (Å²) in [6.45, 7) is 4.53. The van der Waals surface area contributed by atoms with Gasteiger partial charge in [-0.3, -0.25) is 0 Å². The average molecular weight is 247 g/mol. The molecule has 0 atom stereocenters. The van der Waals surface area contributed by atoms with Crippen LogP contribution in [-0.4, -0.2) is 11.7 Å². The second-order valence-corrected chi connectivity index (χ2v) is 5.07. The van der Waals surface area contributed by atoms with Gasteiger partial charge in [-0.15, -0.1) is 0 Å². The van der Waals surface area contributed by atoms with Crippen molar-refractivity contribution in [3.63, 3.8) is 0 Å².